The molecule has 3 N–H and O–H groups in total. The molecule has 0 unspecified atom stereocenters. The number of carbonyl (C=O) groups excluding carboxylic acids is 5. The molecule has 2 aromatic heterocycles. The van der Waals surface area contributed by atoms with Crippen molar-refractivity contribution in [1.29, 1.82) is 0 Å². The average molecular weight is 727 g/mol. The molecule has 47 heavy (non-hydrogen) atoms. The predicted octanol–water partition coefficient (Wildman–Crippen LogP) is -1.75. The molecule has 2 aliphatic heterocycles. The number of hydrogen-bond donors (Lipinski definition) is 2. The van der Waals surface area contributed by atoms with Crippen LogP contribution in [0.5, 0.6) is 11.5 Å². The van der Waals surface area contributed by atoms with Crippen LogP contribution in [0.1, 0.15) is 19.5 Å². The van der Waals surface area contributed by atoms with Crippen LogP contribution in [0.25, 0.3) is 11.3 Å². The maximum absolute atomic E-state index is 13.1. The van der Waals surface area contributed by atoms with Crippen LogP contribution in [0.4, 0.5) is 5.13 Å². The number of carbonyl (C=O) groups is 5. The summed E-state index contributed by atoms with van der Waals surface area (Å²) in [5.74, 6) is -3.41. The quantitative estimate of drug-likeness (QED) is 0.0427. The molecule has 0 aliphatic carbocycles. The Morgan fingerprint density at radius 2 is 1.85 bits per heavy atom. The van der Waals surface area contributed by atoms with E-state index < -0.39 is 41.1 Å². The number of rotatable bonds is 11. The van der Waals surface area contributed by atoms with E-state index in [-0.39, 0.29) is 74.8 Å². The molecule has 2 aliphatic rings. The fraction of sp³-hybridized carbons (Fsp3) is 0.259. The van der Waals surface area contributed by atoms with Crippen LogP contribution in [0, 0.1) is 0 Å². The largest absolute Gasteiger partial charge is 1.00 e. The summed E-state index contributed by atoms with van der Waals surface area (Å²) in [4.78, 5) is 75.8. The Kier molecular flexibility index (Phi) is 12.1. The van der Waals surface area contributed by atoms with Crippen molar-refractivity contribution in [2.45, 2.75) is 29.6 Å². The molecule has 4 heterocycles. The van der Waals surface area contributed by atoms with E-state index in [1.807, 2.05) is 0 Å². The Bertz CT molecular complexity index is 1810. The molecule has 5 rings (SSSR count). The van der Waals surface area contributed by atoms with Gasteiger partial charge in [0.05, 0.1) is 17.4 Å². The second-order valence-electron chi connectivity index (χ2n) is 9.43. The van der Waals surface area contributed by atoms with Gasteiger partial charge in [0.2, 0.25) is 0 Å². The third-order valence-corrected chi connectivity index (χ3v) is 10.4. The van der Waals surface area contributed by atoms with E-state index in [0.29, 0.717) is 21.2 Å². The summed E-state index contributed by atoms with van der Waals surface area (Å²) in [5, 5.41) is 21.3. The number of hydrogen-bond acceptors (Lipinski definition) is 17. The minimum absolute atomic E-state index is 0. The molecule has 1 fully saturated rings. The van der Waals surface area contributed by atoms with Crippen LogP contribution in [0.15, 0.2) is 49.7 Å². The van der Waals surface area contributed by atoms with E-state index in [0.717, 1.165) is 16.2 Å². The Morgan fingerprint density at radius 3 is 2.49 bits per heavy atom. The summed E-state index contributed by atoms with van der Waals surface area (Å²) in [5.41, 5.74) is 7.02. The average Bonchev–Trinajstić information content (AvgIpc) is 3.66. The van der Waals surface area contributed by atoms with Gasteiger partial charge in [-0.1, -0.05) is 16.9 Å². The summed E-state index contributed by atoms with van der Waals surface area (Å²) >= 11 is 4.99. The van der Waals surface area contributed by atoms with Crippen LogP contribution in [-0.2, 0) is 28.8 Å². The van der Waals surface area contributed by atoms with E-state index in [9.17, 15) is 29.1 Å². The number of thiazole rings is 2. The summed E-state index contributed by atoms with van der Waals surface area (Å²) in [6.45, 7) is 2.45. The molecule has 0 radical (unpaired) electrons. The van der Waals surface area contributed by atoms with Crippen LogP contribution >= 0.6 is 46.2 Å². The van der Waals surface area contributed by atoms with Crippen LogP contribution < -0.4 is 55.2 Å². The smallest absolute Gasteiger partial charge is 0.543 e. The zero-order valence-corrected chi connectivity index (χ0v) is 30.4. The molecule has 0 bridgehead atoms. The molecule has 2 amide bonds. The number of amides is 2. The Morgan fingerprint density at radius 1 is 1.13 bits per heavy atom. The van der Waals surface area contributed by atoms with E-state index in [1.54, 1.807) is 11.4 Å². The number of carboxylic acid groups (broad SMARTS) is 1. The molecule has 2 atom stereocenters. The van der Waals surface area contributed by atoms with E-state index >= 15 is 0 Å². The zero-order valence-electron chi connectivity index (χ0n) is 25.1. The second kappa shape index (κ2) is 15.6. The number of fused-ring (bicyclic) bond motifs is 1. The monoisotopic (exact) mass is 726 g/mol. The first kappa shape index (κ1) is 36.4. The van der Waals surface area contributed by atoms with Gasteiger partial charge < -0.3 is 35.3 Å². The van der Waals surface area contributed by atoms with Crippen molar-refractivity contribution in [3.63, 3.8) is 0 Å². The van der Waals surface area contributed by atoms with Gasteiger partial charge in [-0.05, 0) is 23.8 Å². The molecule has 0 saturated carbocycles. The van der Waals surface area contributed by atoms with Crippen molar-refractivity contribution in [3.05, 3.63) is 45.9 Å². The number of aromatic nitrogens is 2. The SMILES string of the molecule is CON=C(C(=O)N[C@@H]1C(=O)N2C(C(=O)[O-])=C(CSc3nc(-c4ccc(OC(C)=O)c(OC(C)=O)c4)cs3)CS[C@H]12)c1csc(N)n1.[Na+]. The van der Waals surface area contributed by atoms with Crippen LogP contribution in [0.3, 0.4) is 0 Å². The first-order valence-corrected chi connectivity index (χ1v) is 16.9. The van der Waals surface area contributed by atoms with Gasteiger partial charge in [0.1, 0.15) is 24.2 Å². The molecule has 240 valence electrons. The van der Waals surface area contributed by atoms with E-state index in [1.165, 1.54) is 73.3 Å². The van der Waals surface area contributed by atoms with Crippen molar-refractivity contribution < 1.29 is 72.9 Å². The molecule has 3 aromatic rings. The third kappa shape index (κ3) is 8.16. The van der Waals surface area contributed by atoms with Crippen molar-refractivity contribution >= 4 is 86.8 Å². The zero-order chi connectivity index (χ0) is 33.1. The predicted molar refractivity (Wildman–Crippen MR) is 168 cm³/mol. The Hall–Kier alpha value is -3.46. The van der Waals surface area contributed by atoms with Gasteiger partial charge in [0, 0.05) is 41.7 Å². The maximum atomic E-state index is 13.1. The van der Waals surface area contributed by atoms with Gasteiger partial charge in [0.25, 0.3) is 11.8 Å². The molecular formula is C27H23N6NaO9S4. The first-order valence-electron chi connectivity index (χ1n) is 13.1. The van der Waals surface area contributed by atoms with Crippen molar-refractivity contribution in [1.82, 2.24) is 20.2 Å². The van der Waals surface area contributed by atoms with Crippen molar-refractivity contribution in [2.75, 3.05) is 24.3 Å². The number of thioether (sulfide) groups is 2. The fourth-order valence-corrected chi connectivity index (χ4v) is 8.30. The minimum atomic E-state index is -1.51. The summed E-state index contributed by atoms with van der Waals surface area (Å²) in [6, 6.07) is 3.67. The number of nitrogens with two attached hydrogens (primary N) is 1. The van der Waals surface area contributed by atoms with Gasteiger partial charge >= 0.3 is 41.5 Å². The number of carboxylic acids is 1. The number of nitrogens with zero attached hydrogens (tertiary/aromatic N) is 4. The number of β-lactam (4-membered cyclic amide) rings is 1. The standard InChI is InChI=1S/C27H24N6O9S4.Na/c1-11(34)41-17-5-4-13(6-18(17)42-12(2)35)15-9-46-27(30-15)45-8-14-7-43-24-20(23(37)33(24)21(14)25(38)39)31-22(36)19(32-40-3)16-10-44-26(28)29-16;/h4-6,9-10,20,24H,7-8H2,1-3H3,(H2,28,29)(H,31,36)(H,38,39);/q;+1/p-1/t20-,24-;/m1./s1. The third-order valence-electron chi connectivity index (χ3n) is 6.29. The summed E-state index contributed by atoms with van der Waals surface area (Å²) in [7, 11) is 1.25. The number of aliphatic carboxylic acids is 1. The Balaban J connectivity index is 0.00000500. The van der Waals surface area contributed by atoms with E-state index in [2.05, 4.69) is 20.4 Å². The number of nitrogen functional groups attached to an aromatic ring is 1. The van der Waals surface area contributed by atoms with Gasteiger partial charge in [-0.3, -0.25) is 24.1 Å². The number of benzene rings is 1. The first-order chi connectivity index (χ1) is 22.0. The number of ether oxygens (including phenoxy) is 2. The second-order valence-corrected chi connectivity index (χ2v) is 13.5. The summed E-state index contributed by atoms with van der Waals surface area (Å²) in [6.07, 6.45) is 0. The maximum Gasteiger partial charge on any atom is 1.00 e. The van der Waals surface area contributed by atoms with Crippen LogP contribution in [0.2, 0.25) is 0 Å². The Labute approximate surface area is 305 Å². The van der Waals surface area contributed by atoms with Gasteiger partial charge in [-0.25, -0.2) is 9.97 Å². The van der Waals surface area contributed by atoms with Crippen LogP contribution in [-0.4, -0.2) is 80.3 Å². The molecule has 1 aromatic carbocycles. The van der Waals surface area contributed by atoms with Gasteiger partial charge in [-0.2, -0.15) is 0 Å². The molecule has 15 nitrogen and oxygen atoms in total. The number of oxime groups is 1. The van der Waals surface area contributed by atoms with Crippen molar-refractivity contribution in [3.8, 4) is 22.8 Å². The van der Waals surface area contributed by atoms with Crippen molar-refractivity contribution in [2.24, 2.45) is 5.16 Å². The van der Waals surface area contributed by atoms with E-state index in [4.69, 9.17) is 20.0 Å². The van der Waals surface area contributed by atoms with Gasteiger partial charge in [0.15, 0.2) is 26.7 Å². The molecule has 0 spiro atoms. The molecule has 1 saturated heterocycles. The fourth-order valence-electron chi connectivity index (χ4n) is 4.43. The number of nitrogens with one attached hydrogen (secondary N) is 1. The number of anilines is 1. The molecular weight excluding hydrogens is 704 g/mol. The normalized spacial score (nSPS) is 17.2. The minimum Gasteiger partial charge on any atom is -0.543 e. The topological polar surface area (TPSA) is 216 Å². The summed E-state index contributed by atoms with van der Waals surface area (Å²) < 4.78 is 10.9. The van der Waals surface area contributed by atoms with Gasteiger partial charge in [-0.15, -0.1) is 34.4 Å². The number of esters is 2. The molecule has 20 heteroatoms.